The number of phenolic OH excluding ortho intramolecular Hbond substituents is 1. The number of halogens is 1. The van der Waals surface area contributed by atoms with E-state index >= 15 is 0 Å². The van der Waals surface area contributed by atoms with E-state index in [-0.39, 0.29) is 17.9 Å². The summed E-state index contributed by atoms with van der Waals surface area (Å²) in [6, 6.07) is 3.26. The zero-order valence-corrected chi connectivity index (χ0v) is 11.7. The van der Waals surface area contributed by atoms with E-state index in [4.69, 9.17) is 21.4 Å². The summed E-state index contributed by atoms with van der Waals surface area (Å²) in [5.74, 6) is 0.452. The molecule has 0 saturated carbocycles. The van der Waals surface area contributed by atoms with E-state index in [1.165, 1.54) is 7.11 Å². The van der Waals surface area contributed by atoms with Crippen LogP contribution in [-0.2, 0) is 6.54 Å². The maximum atomic E-state index is 9.97. The van der Waals surface area contributed by atoms with Crippen LogP contribution in [0.3, 0.4) is 0 Å². The van der Waals surface area contributed by atoms with Crippen molar-refractivity contribution in [3.05, 3.63) is 22.7 Å². The number of methoxy groups -OCH3 is 1. The van der Waals surface area contributed by atoms with Gasteiger partial charge in [-0.2, -0.15) is 0 Å². The SMILES string of the molecule is COc1cc(Cl)cc(CNC(C)(C)CCO)c1O. The summed E-state index contributed by atoms with van der Waals surface area (Å²) in [7, 11) is 1.48. The maximum absolute atomic E-state index is 9.97. The Morgan fingerprint density at radius 2 is 2.06 bits per heavy atom. The van der Waals surface area contributed by atoms with Gasteiger partial charge < -0.3 is 20.3 Å². The third-order valence-electron chi connectivity index (χ3n) is 2.83. The van der Waals surface area contributed by atoms with Crippen molar-refractivity contribution < 1.29 is 14.9 Å². The molecule has 0 aliphatic rings. The first-order chi connectivity index (χ1) is 8.39. The molecule has 0 heterocycles. The molecule has 4 nitrogen and oxygen atoms in total. The molecule has 0 aliphatic heterocycles. The molecular formula is C13H20ClNO3. The van der Waals surface area contributed by atoms with Crippen LogP contribution in [0.4, 0.5) is 0 Å². The number of phenols is 1. The highest BCUT2D eigenvalue weighted by Crippen LogP contribution is 2.33. The van der Waals surface area contributed by atoms with Crippen LogP contribution in [0, 0.1) is 0 Å². The largest absolute Gasteiger partial charge is 0.504 e. The van der Waals surface area contributed by atoms with E-state index in [0.29, 0.717) is 29.3 Å². The van der Waals surface area contributed by atoms with Crippen molar-refractivity contribution in [1.82, 2.24) is 5.32 Å². The number of hydrogen-bond acceptors (Lipinski definition) is 4. The Morgan fingerprint density at radius 3 is 2.61 bits per heavy atom. The zero-order chi connectivity index (χ0) is 13.8. The third-order valence-corrected chi connectivity index (χ3v) is 3.05. The first kappa shape index (κ1) is 15.1. The van der Waals surface area contributed by atoms with Crippen LogP contribution < -0.4 is 10.1 Å². The summed E-state index contributed by atoms with van der Waals surface area (Å²) in [5.41, 5.74) is 0.460. The van der Waals surface area contributed by atoms with Crippen molar-refractivity contribution in [2.75, 3.05) is 13.7 Å². The van der Waals surface area contributed by atoms with Crippen LogP contribution in [0.1, 0.15) is 25.8 Å². The Kier molecular flexibility index (Phi) is 5.26. The van der Waals surface area contributed by atoms with Crippen molar-refractivity contribution in [2.24, 2.45) is 0 Å². The van der Waals surface area contributed by atoms with Crippen LogP contribution >= 0.6 is 11.6 Å². The second-order valence-corrected chi connectivity index (χ2v) is 5.26. The van der Waals surface area contributed by atoms with Crippen LogP contribution in [0.25, 0.3) is 0 Å². The predicted octanol–water partition coefficient (Wildman–Crippen LogP) is 2.30. The van der Waals surface area contributed by atoms with Gasteiger partial charge in [-0.3, -0.25) is 0 Å². The molecule has 0 fully saturated rings. The van der Waals surface area contributed by atoms with Gasteiger partial charge in [-0.05, 0) is 26.3 Å². The lowest BCUT2D eigenvalue weighted by Crippen LogP contribution is -2.39. The van der Waals surface area contributed by atoms with Crippen LogP contribution in [0.15, 0.2) is 12.1 Å². The van der Waals surface area contributed by atoms with Gasteiger partial charge in [-0.15, -0.1) is 0 Å². The number of ether oxygens (including phenoxy) is 1. The number of aliphatic hydroxyl groups is 1. The van der Waals surface area contributed by atoms with Gasteiger partial charge >= 0.3 is 0 Å². The lowest BCUT2D eigenvalue weighted by atomic mass is 10.0. The van der Waals surface area contributed by atoms with Gasteiger partial charge in [0.15, 0.2) is 11.5 Å². The van der Waals surface area contributed by atoms with E-state index in [2.05, 4.69) is 5.32 Å². The quantitative estimate of drug-likeness (QED) is 0.744. The van der Waals surface area contributed by atoms with Crippen LogP contribution in [0.5, 0.6) is 11.5 Å². The minimum atomic E-state index is -0.212. The van der Waals surface area contributed by atoms with E-state index in [1.54, 1.807) is 12.1 Å². The number of aliphatic hydroxyl groups excluding tert-OH is 1. The molecule has 0 aromatic heterocycles. The topological polar surface area (TPSA) is 61.7 Å². The molecule has 1 aromatic carbocycles. The van der Waals surface area contributed by atoms with Gasteiger partial charge in [0.25, 0.3) is 0 Å². The predicted molar refractivity (Wildman–Crippen MR) is 72.3 cm³/mol. The Labute approximate surface area is 113 Å². The molecule has 0 bridgehead atoms. The van der Waals surface area contributed by atoms with E-state index in [9.17, 15) is 5.11 Å². The van der Waals surface area contributed by atoms with Crippen molar-refractivity contribution in [3.8, 4) is 11.5 Å². The molecule has 0 aliphatic carbocycles. The van der Waals surface area contributed by atoms with Crippen molar-refractivity contribution >= 4 is 11.6 Å². The minimum Gasteiger partial charge on any atom is -0.504 e. The summed E-state index contributed by atoms with van der Waals surface area (Å²) in [6.45, 7) is 4.55. The maximum Gasteiger partial charge on any atom is 0.162 e. The monoisotopic (exact) mass is 273 g/mol. The number of aromatic hydroxyl groups is 1. The number of hydrogen-bond donors (Lipinski definition) is 3. The Hall–Kier alpha value is -0.970. The highest BCUT2D eigenvalue weighted by Gasteiger charge is 2.18. The first-order valence-corrected chi connectivity index (χ1v) is 6.18. The molecule has 5 heteroatoms. The molecule has 18 heavy (non-hydrogen) atoms. The van der Waals surface area contributed by atoms with E-state index in [0.717, 1.165) is 0 Å². The van der Waals surface area contributed by atoms with Gasteiger partial charge in [0.05, 0.1) is 7.11 Å². The van der Waals surface area contributed by atoms with Crippen molar-refractivity contribution in [3.63, 3.8) is 0 Å². The smallest absolute Gasteiger partial charge is 0.162 e. The molecule has 1 rings (SSSR count). The highest BCUT2D eigenvalue weighted by molar-refractivity contribution is 6.30. The second-order valence-electron chi connectivity index (χ2n) is 4.83. The molecule has 3 N–H and O–H groups in total. The molecule has 0 spiro atoms. The molecule has 0 unspecified atom stereocenters. The van der Waals surface area contributed by atoms with Crippen LogP contribution in [-0.4, -0.2) is 29.5 Å². The summed E-state index contributed by atoms with van der Waals surface area (Å²) in [4.78, 5) is 0. The van der Waals surface area contributed by atoms with Gasteiger partial charge in [0.2, 0.25) is 0 Å². The second kappa shape index (κ2) is 6.27. The van der Waals surface area contributed by atoms with E-state index < -0.39 is 0 Å². The fraction of sp³-hybridized carbons (Fsp3) is 0.538. The lowest BCUT2D eigenvalue weighted by Gasteiger charge is -2.26. The van der Waals surface area contributed by atoms with Crippen molar-refractivity contribution in [2.45, 2.75) is 32.4 Å². The Balaban J connectivity index is 2.82. The molecule has 102 valence electrons. The summed E-state index contributed by atoms with van der Waals surface area (Å²) in [6.07, 6.45) is 0.630. The number of benzene rings is 1. The molecule has 0 radical (unpaired) electrons. The molecule has 0 atom stereocenters. The molecule has 0 saturated heterocycles. The normalized spacial score (nSPS) is 11.6. The molecular weight excluding hydrogens is 254 g/mol. The standard InChI is InChI=1S/C13H20ClNO3/c1-13(2,4-5-16)15-8-9-6-10(14)7-11(18-3)12(9)17/h6-7,15-17H,4-5,8H2,1-3H3. The fourth-order valence-corrected chi connectivity index (χ4v) is 1.85. The average Bonchev–Trinajstić information content (AvgIpc) is 2.29. The summed E-state index contributed by atoms with van der Waals surface area (Å²) >= 11 is 5.95. The summed E-state index contributed by atoms with van der Waals surface area (Å²) < 4.78 is 5.04. The van der Waals surface area contributed by atoms with Crippen molar-refractivity contribution in [1.29, 1.82) is 0 Å². The molecule has 1 aromatic rings. The zero-order valence-electron chi connectivity index (χ0n) is 11.0. The Bertz CT molecular complexity index is 407. The van der Waals surface area contributed by atoms with Crippen LogP contribution in [0.2, 0.25) is 5.02 Å². The third kappa shape index (κ3) is 4.05. The fourth-order valence-electron chi connectivity index (χ4n) is 1.62. The van der Waals surface area contributed by atoms with Gasteiger partial charge in [0.1, 0.15) is 0 Å². The number of rotatable bonds is 6. The molecule has 0 amide bonds. The van der Waals surface area contributed by atoms with Gasteiger partial charge in [0, 0.05) is 35.3 Å². The average molecular weight is 274 g/mol. The minimum absolute atomic E-state index is 0.0919. The number of nitrogens with one attached hydrogen (secondary N) is 1. The van der Waals surface area contributed by atoms with Gasteiger partial charge in [-0.1, -0.05) is 11.6 Å². The lowest BCUT2D eigenvalue weighted by molar-refractivity contribution is 0.229. The highest BCUT2D eigenvalue weighted by atomic mass is 35.5. The Morgan fingerprint density at radius 1 is 1.39 bits per heavy atom. The summed E-state index contributed by atoms with van der Waals surface area (Å²) in [5, 5.41) is 22.7. The first-order valence-electron chi connectivity index (χ1n) is 5.81. The van der Waals surface area contributed by atoms with E-state index in [1.807, 2.05) is 13.8 Å². The van der Waals surface area contributed by atoms with Gasteiger partial charge in [-0.25, -0.2) is 0 Å².